The van der Waals surface area contributed by atoms with E-state index in [1.54, 1.807) is 6.07 Å². The lowest BCUT2D eigenvalue weighted by atomic mass is 9.79. The van der Waals surface area contributed by atoms with Gasteiger partial charge in [0, 0.05) is 28.6 Å². The third-order valence-corrected chi connectivity index (χ3v) is 5.94. The summed E-state index contributed by atoms with van der Waals surface area (Å²) in [7, 11) is 0. The van der Waals surface area contributed by atoms with Gasteiger partial charge in [0.2, 0.25) is 0 Å². The number of hydrogen-bond donors (Lipinski definition) is 3. The van der Waals surface area contributed by atoms with Crippen molar-refractivity contribution in [2.75, 3.05) is 6.54 Å². The van der Waals surface area contributed by atoms with E-state index in [4.69, 9.17) is 0 Å². The second-order valence-electron chi connectivity index (χ2n) is 7.45. The lowest BCUT2D eigenvalue weighted by molar-refractivity contribution is 0.276. The first-order valence-electron chi connectivity index (χ1n) is 9.08. The van der Waals surface area contributed by atoms with Crippen LogP contribution in [-0.2, 0) is 6.42 Å². The van der Waals surface area contributed by atoms with E-state index in [1.807, 2.05) is 12.1 Å². The standard InChI is InChI=1S/C20H30N2O/c1-5-12(2)10-19-13(3)14(4)20-16(8-9-21-19)17-11-15(23)6-7-18(17)22-20/h6-7,11-14,19,21-23H,5,8-10H2,1-4H3/t12-,13-,14-,19?/m0/s1. The minimum atomic E-state index is 0.352. The lowest BCUT2D eigenvalue weighted by Crippen LogP contribution is -2.41. The zero-order valence-electron chi connectivity index (χ0n) is 14.8. The number of aromatic nitrogens is 1. The second-order valence-corrected chi connectivity index (χ2v) is 7.45. The van der Waals surface area contributed by atoms with Gasteiger partial charge in [-0.3, -0.25) is 0 Å². The molecule has 0 radical (unpaired) electrons. The first-order valence-corrected chi connectivity index (χ1v) is 9.08. The van der Waals surface area contributed by atoms with Crippen LogP contribution in [0.25, 0.3) is 10.9 Å². The monoisotopic (exact) mass is 314 g/mol. The molecule has 1 aliphatic rings. The fraction of sp³-hybridized carbons (Fsp3) is 0.600. The molecule has 0 amide bonds. The molecule has 0 aliphatic carbocycles. The third kappa shape index (κ3) is 3.12. The van der Waals surface area contributed by atoms with Crippen molar-refractivity contribution in [3.05, 3.63) is 29.5 Å². The lowest BCUT2D eigenvalue weighted by Gasteiger charge is -2.34. The van der Waals surface area contributed by atoms with Gasteiger partial charge in [0.15, 0.2) is 0 Å². The Morgan fingerprint density at radius 3 is 2.83 bits per heavy atom. The summed E-state index contributed by atoms with van der Waals surface area (Å²) in [6.45, 7) is 10.4. The van der Waals surface area contributed by atoms with Crippen molar-refractivity contribution in [1.82, 2.24) is 10.3 Å². The minimum Gasteiger partial charge on any atom is -0.508 e. The molecule has 3 N–H and O–H groups in total. The zero-order chi connectivity index (χ0) is 16.6. The second kappa shape index (κ2) is 6.56. The molecule has 0 saturated heterocycles. The van der Waals surface area contributed by atoms with Gasteiger partial charge in [-0.1, -0.05) is 34.1 Å². The number of phenolic OH excluding ortho intramolecular Hbond substituents is 1. The highest BCUT2D eigenvalue weighted by Gasteiger charge is 2.30. The summed E-state index contributed by atoms with van der Waals surface area (Å²) in [5, 5.41) is 14.8. The Labute approximate surface area is 139 Å². The van der Waals surface area contributed by atoms with E-state index in [2.05, 4.69) is 38.0 Å². The molecule has 1 unspecified atom stereocenters. The van der Waals surface area contributed by atoms with Gasteiger partial charge in [-0.2, -0.15) is 0 Å². The quantitative estimate of drug-likeness (QED) is 0.777. The SMILES string of the molecule is CC[C@H](C)CC1NCCc2c([nH]c3ccc(O)cc23)[C@@H](C)[C@@H]1C. The van der Waals surface area contributed by atoms with E-state index in [0.717, 1.165) is 24.4 Å². The molecule has 1 aliphatic heterocycles. The Morgan fingerprint density at radius 1 is 1.30 bits per heavy atom. The summed E-state index contributed by atoms with van der Waals surface area (Å²) in [4.78, 5) is 3.64. The molecular weight excluding hydrogens is 284 g/mol. The number of hydrogen-bond acceptors (Lipinski definition) is 2. The minimum absolute atomic E-state index is 0.352. The Kier molecular flexibility index (Phi) is 4.67. The fourth-order valence-corrected chi connectivity index (χ4v) is 3.99. The molecule has 4 atom stereocenters. The molecule has 0 bridgehead atoms. The number of phenols is 1. The van der Waals surface area contributed by atoms with Gasteiger partial charge in [0.1, 0.15) is 5.75 Å². The normalized spacial score (nSPS) is 26.5. The van der Waals surface area contributed by atoms with E-state index in [1.165, 1.54) is 29.5 Å². The van der Waals surface area contributed by atoms with Crippen LogP contribution in [0.1, 0.15) is 57.7 Å². The van der Waals surface area contributed by atoms with Crippen molar-refractivity contribution in [2.24, 2.45) is 11.8 Å². The van der Waals surface area contributed by atoms with Gasteiger partial charge in [0.25, 0.3) is 0 Å². The van der Waals surface area contributed by atoms with Crippen LogP contribution >= 0.6 is 0 Å². The number of fused-ring (bicyclic) bond motifs is 3. The maximum Gasteiger partial charge on any atom is 0.116 e. The van der Waals surface area contributed by atoms with Crippen LogP contribution < -0.4 is 5.32 Å². The Bertz CT molecular complexity index is 676. The molecule has 23 heavy (non-hydrogen) atoms. The molecular formula is C20H30N2O. The van der Waals surface area contributed by atoms with Gasteiger partial charge in [-0.15, -0.1) is 0 Å². The highest BCUT2D eigenvalue weighted by atomic mass is 16.3. The van der Waals surface area contributed by atoms with Gasteiger partial charge < -0.3 is 15.4 Å². The fourth-order valence-electron chi connectivity index (χ4n) is 3.99. The van der Waals surface area contributed by atoms with Crippen molar-refractivity contribution in [2.45, 2.75) is 58.9 Å². The Hall–Kier alpha value is -1.48. The molecule has 0 spiro atoms. The molecule has 3 nitrogen and oxygen atoms in total. The Balaban J connectivity index is 1.96. The van der Waals surface area contributed by atoms with Crippen LogP contribution in [0.3, 0.4) is 0 Å². The summed E-state index contributed by atoms with van der Waals surface area (Å²) in [5.41, 5.74) is 3.89. The van der Waals surface area contributed by atoms with Crippen LogP contribution in [0.5, 0.6) is 5.75 Å². The molecule has 1 aromatic carbocycles. The van der Waals surface area contributed by atoms with Crippen molar-refractivity contribution < 1.29 is 5.11 Å². The van der Waals surface area contributed by atoms with E-state index < -0.39 is 0 Å². The highest BCUT2D eigenvalue weighted by Crippen LogP contribution is 2.37. The largest absolute Gasteiger partial charge is 0.508 e. The van der Waals surface area contributed by atoms with Crippen LogP contribution in [0.2, 0.25) is 0 Å². The number of benzene rings is 1. The molecule has 2 aromatic rings. The van der Waals surface area contributed by atoms with Crippen molar-refractivity contribution in [3.63, 3.8) is 0 Å². The van der Waals surface area contributed by atoms with Crippen molar-refractivity contribution >= 4 is 10.9 Å². The zero-order valence-corrected chi connectivity index (χ0v) is 14.8. The van der Waals surface area contributed by atoms with Crippen LogP contribution in [0.15, 0.2) is 18.2 Å². The first-order chi connectivity index (χ1) is 11.0. The number of H-pyrrole nitrogens is 1. The van der Waals surface area contributed by atoms with Crippen molar-refractivity contribution in [3.8, 4) is 5.75 Å². The number of aromatic hydroxyl groups is 1. The average Bonchev–Trinajstić information content (AvgIpc) is 2.89. The van der Waals surface area contributed by atoms with Crippen LogP contribution in [-0.4, -0.2) is 22.7 Å². The Morgan fingerprint density at radius 2 is 2.09 bits per heavy atom. The predicted molar refractivity (Wildman–Crippen MR) is 97.1 cm³/mol. The number of aromatic amines is 1. The summed E-state index contributed by atoms with van der Waals surface area (Å²) in [6, 6.07) is 6.24. The summed E-state index contributed by atoms with van der Waals surface area (Å²) in [5.74, 6) is 2.19. The maximum atomic E-state index is 9.83. The first kappa shape index (κ1) is 16.4. The smallest absolute Gasteiger partial charge is 0.116 e. The van der Waals surface area contributed by atoms with E-state index >= 15 is 0 Å². The molecule has 3 rings (SSSR count). The number of rotatable bonds is 3. The molecule has 1 aromatic heterocycles. The summed E-state index contributed by atoms with van der Waals surface area (Å²) < 4.78 is 0. The van der Waals surface area contributed by atoms with Gasteiger partial charge >= 0.3 is 0 Å². The van der Waals surface area contributed by atoms with Gasteiger partial charge in [-0.05, 0) is 55.0 Å². The maximum absolute atomic E-state index is 9.83. The number of nitrogens with one attached hydrogen (secondary N) is 2. The van der Waals surface area contributed by atoms with E-state index in [-0.39, 0.29) is 0 Å². The highest BCUT2D eigenvalue weighted by molar-refractivity contribution is 5.86. The van der Waals surface area contributed by atoms with E-state index in [9.17, 15) is 5.11 Å². The average molecular weight is 314 g/mol. The molecule has 3 heteroatoms. The molecule has 126 valence electrons. The topological polar surface area (TPSA) is 48.0 Å². The van der Waals surface area contributed by atoms with Crippen LogP contribution in [0, 0.1) is 11.8 Å². The summed E-state index contributed by atoms with van der Waals surface area (Å²) >= 11 is 0. The van der Waals surface area contributed by atoms with Gasteiger partial charge in [-0.25, -0.2) is 0 Å². The van der Waals surface area contributed by atoms with E-state index in [0.29, 0.717) is 23.6 Å². The molecule has 0 fully saturated rings. The third-order valence-electron chi connectivity index (χ3n) is 5.94. The molecule has 0 saturated carbocycles. The summed E-state index contributed by atoms with van der Waals surface area (Å²) in [6.07, 6.45) is 3.52. The predicted octanol–water partition coefficient (Wildman–Crippen LogP) is 4.56. The molecule has 2 heterocycles. The van der Waals surface area contributed by atoms with Crippen LogP contribution in [0.4, 0.5) is 0 Å². The van der Waals surface area contributed by atoms with Crippen molar-refractivity contribution in [1.29, 1.82) is 0 Å². The van der Waals surface area contributed by atoms with Gasteiger partial charge in [0.05, 0.1) is 0 Å².